The average Bonchev–Trinajstić information content (AvgIpc) is 2.16. The highest BCUT2D eigenvalue weighted by molar-refractivity contribution is 7.99. The topological polar surface area (TPSA) is 0 Å². The fourth-order valence-electron chi connectivity index (χ4n) is 1.07. The molecule has 1 aromatic rings. The maximum absolute atomic E-state index is 13.2. The van der Waals surface area contributed by atoms with Crippen molar-refractivity contribution in [2.45, 2.75) is 36.6 Å². The van der Waals surface area contributed by atoms with E-state index < -0.39 is 5.50 Å². The maximum Gasteiger partial charge on any atom is 0.150 e. The molecule has 0 saturated heterocycles. The summed E-state index contributed by atoms with van der Waals surface area (Å²) in [7, 11) is 0. The zero-order valence-electron chi connectivity index (χ0n) is 7.87. The minimum absolute atomic E-state index is 0.663. The Balaban J connectivity index is 2.32. The molecule has 1 unspecified atom stereocenters. The molecule has 2 heteroatoms. The van der Waals surface area contributed by atoms with Crippen molar-refractivity contribution in [3.8, 4) is 0 Å². The van der Waals surface area contributed by atoms with E-state index in [1.165, 1.54) is 11.8 Å². The highest BCUT2D eigenvalue weighted by Gasteiger charge is 2.06. The highest BCUT2D eigenvalue weighted by atomic mass is 32.2. The van der Waals surface area contributed by atoms with Crippen LogP contribution in [0.4, 0.5) is 4.39 Å². The van der Waals surface area contributed by atoms with Gasteiger partial charge in [0.15, 0.2) is 0 Å². The molecule has 1 atom stereocenters. The van der Waals surface area contributed by atoms with Crippen LogP contribution in [0.5, 0.6) is 0 Å². The normalized spacial score (nSPS) is 12.8. The first-order chi connectivity index (χ1) is 6.33. The van der Waals surface area contributed by atoms with Crippen LogP contribution < -0.4 is 0 Å². The zero-order valence-corrected chi connectivity index (χ0v) is 8.69. The van der Waals surface area contributed by atoms with E-state index in [1.807, 2.05) is 30.3 Å². The molecule has 0 aromatic heterocycles. The highest BCUT2D eigenvalue weighted by Crippen LogP contribution is 2.26. The van der Waals surface area contributed by atoms with E-state index in [0.29, 0.717) is 6.42 Å². The Morgan fingerprint density at radius 3 is 2.62 bits per heavy atom. The summed E-state index contributed by atoms with van der Waals surface area (Å²) in [6.07, 6.45) is 2.70. The molecule has 0 saturated carbocycles. The quantitative estimate of drug-likeness (QED) is 0.637. The first-order valence-electron chi connectivity index (χ1n) is 4.68. The molecule has 0 bridgehead atoms. The van der Waals surface area contributed by atoms with E-state index in [-0.39, 0.29) is 0 Å². The lowest BCUT2D eigenvalue weighted by Gasteiger charge is -2.06. The predicted octanol–water partition coefficient (Wildman–Crippen LogP) is 4.26. The lowest BCUT2D eigenvalue weighted by atomic mass is 10.3. The van der Waals surface area contributed by atoms with E-state index >= 15 is 0 Å². The number of thioether (sulfide) groups is 1. The number of unbranched alkanes of at least 4 members (excludes halogenated alkanes) is 1. The molecule has 1 aromatic carbocycles. The van der Waals surface area contributed by atoms with E-state index in [1.54, 1.807) is 0 Å². The van der Waals surface area contributed by atoms with E-state index in [0.717, 1.165) is 17.7 Å². The van der Waals surface area contributed by atoms with Gasteiger partial charge in [-0.2, -0.15) is 0 Å². The summed E-state index contributed by atoms with van der Waals surface area (Å²) in [6, 6.07) is 9.72. The third-order valence-corrected chi connectivity index (χ3v) is 2.83. The number of halogens is 1. The molecule has 0 N–H and O–H groups in total. The molecule has 0 amide bonds. The fourth-order valence-corrected chi connectivity index (χ4v) is 1.96. The second kappa shape index (κ2) is 6.03. The summed E-state index contributed by atoms with van der Waals surface area (Å²) in [6.45, 7) is 2.08. The average molecular weight is 198 g/mol. The van der Waals surface area contributed by atoms with Crippen LogP contribution in [0.15, 0.2) is 35.2 Å². The van der Waals surface area contributed by atoms with Crippen molar-refractivity contribution in [2.75, 3.05) is 0 Å². The first kappa shape index (κ1) is 10.6. The SMILES string of the molecule is CCCCC(F)Sc1ccccc1. The van der Waals surface area contributed by atoms with Crippen molar-refractivity contribution in [1.82, 2.24) is 0 Å². The summed E-state index contributed by atoms with van der Waals surface area (Å²) in [5, 5.41) is 0. The molecule has 0 aliphatic carbocycles. The molecule has 13 heavy (non-hydrogen) atoms. The van der Waals surface area contributed by atoms with Crippen molar-refractivity contribution in [3.05, 3.63) is 30.3 Å². The van der Waals surface area contributed by atoms with Crippen LogP contribution in [0, 0.1) is 0 Å². The van der Waals surface area contributed by atoms with Gasteiger partial charge in [-0.1, -0.05) is 43.3 Å². The Kier molecular flexibility index (Phi) is 4.91. The summed E-state index contributed by atoms with van der Waals surface area (Å²) in [4.78, 5) is 1.02. The van der Waals surface area contributed by atoms with Crippen LogP contribution in [0.3, 0.4) is 0 Å². The summed E-state index contributed by atoms with van der Waals surface area (Å²) >= 11 is 1.32. The Morgan fingerprint density at radius 2 is 2.00 bits per heavy atom. The van der Waals surface area contributed by atoms with Gasteiger partial charge >= 0.3 is 0 Å². The lowest BCUT2D eigenvalue weighted by molar-refractivity contribution is 0.418. The number of rotatable bonds is 5. The molecule has 0 aliphatic heterocycles. The number of benzene rings is 1. The van der Waals surface area contributed by atoms with Gasteiger partial charge < -0.3 is 0 Å². The fraction of sp³-hybridized carbons (Fsp3) is 0.455. The minimum Gasteiger partial charge on any atom is -0.235 e. The molecule has 0 nitrogen and oxygen atoms in total. The van der Waals surface area contributed by atoms with E-state index in [2.05, 4.69) is 6.92 Å². The minimum atomic E-state index is -0.748. The van der Waals surface area contributed by atoms with Gasteiger partial charge in [0.1, 0.15) is 5.50 Å². The monoisotopic (exact) mass is 198 g/mol. The van der Waals surface area contributed by atoms with Gasteiger partial charge in [-0.05, 0) is 25.0 Å². The van der Waals surface area contributed by atoms with Crippen molar-refractivity contribution >= 4 is 11.8 Å². The van der Waals surface area contributed by atoms with Crippen LogP contribution in [-0.4, -0.2) is 5.50 Å². The summed E-state index contributed by atoms with van der Waals surface area (Å²) in [5.41, 5.74) is -0.748. The number of alkyl halides is 1. The van der Waals surface area contributed by atoms with E-state index in [9.17, 15) is 4.39 Å². The number of hydrogen-bond donors (Lipinski definition) is 0. The Labute approximate surface area is 83.5 Å². The molecule has 72 valence electrons. The summed E-state index contributed by atoms with van der Waals surface area (Å²) < 4.78 is 13.2. The third-order valence-electron chi connectivity index (χ3n) is 1.79. The lowest BCUT2D eigenvalue weighted by Crippen LogP contribution is -1.92. The van der Waals surface area contributed by atoms with Gasteiger partial charge in [0, 0.05) is 4.90 Å². The van der Waals surface area contributed by atoms with Gasteiger partial charge in [0.05, 0.1) is 0 Å². The van der Waals surface area contributed by atoms with Gasteiger partial charge in [0.2, 0.25) is 0 Å². The largest absolute Gasteiger partial charge is 0.235 e. The van der Waals surface area contributed by atoms with Crippen molar-refractivity contribution in [2.24, 2.45) is 0 Å². The van der Waals surface area contributed by atoms with Crippen LogP contribution in [0.25, 0.3) is 0 Å². The maximum atomic E-state index is 13.2. The van der Waals surface area contributed by atoms with Gasteiger partial charge in [-0.25, -0.2) is 4.39 Å². The second-order valence-electron chi connectivity index (χ2n) is 2.98. The molecular formula is C11H15FS. The first-order valence-corrected chi connectivity index (χ1v) is 5.56. The Morgan fingerprint density at radius 1 is 1.31 bits per heavy atom. The van der Waals surface area contributed by atoms with E-state index in [4.69, 9.17) is 0 Å². The van der Waals surface area contributed by atoms with Crippen LogP contribution in [0.2, 0.25) is 0 Å². The predicted molar refractivity (Wildman–Crippen MR) is 56.7 cm³/mol. The van der Waals surface area contributed by atoms with Gasteiger partial charge in [-0.3, -0.25) is 0 Å². The number of hydrogen-bond acceptors (Lipinski definition) is 1. The zero-order chi connectivity index (χ0) is 9.52. The molecule has 0 heterocycles. The van der Waals surface area contributed by atoms with Crippen molar-refractivity contribution in [3.63, 3.8) is 0 Å². The smallest absolute Gasteiger partial charge is 0.150 e. The summed E-state index contributed by atoms with van der Waals surface area (Å²) in [5.74, 6) is 0. The molecule has 0 radical (unpaired) electrons. The Bertz CT molecular complexity index is 223. The molecule has 1 rings (SSSR count). The van der Waals surface area contributed by atoms with Crippen molar-refractivity contribution < 1.29 is 4.39 Å². The molecular weight excluding hydrogens is 183 g/mol. The van der Waals surface area contributed by atoms with Crippen LogP contribution in [0.1, 0.15) is 26.2 Å². The molecule has 0 fully saturated rings. The Hall–Kier alpha value is -0.500. The van der Waals surface area contributed by atoms with Crippen molar-refractivity contribution in [1.29, 1.82) is 0 Å². The van der Waals surface area contributed by atoms with Crippen LogP contribution in [-0.2, 0) is 0 Å². The van der Waals surface area contributed by atoms with Gasteiger partial charge in [0.25, 0.3) is 0 Å². The third kappa shape index (κ3) is 4.32. The molecule has 0 aliphatic rings. The standard InChI is InChI=1S/C11H15FS/c1-2-3-9-11(12)13-10-7-5-4-6-8-10/h4-8,11H,2-3,9H2,1H3. The van der Waals surface area contributed by atoms with Crippen LogP contribution >= 0.6 is 11.8 Å². The van der Waals surface area contributed by atoms with Gasteiger partial charge in [-0.15, -0.1) is 0 Å². The second-order valence-corrected chi connectivity index (χ2v) is 4.20. The molecule has 0 spiro atoms.